The summed E-state index contributed by atoms with van der Waals surface area (Å²) in [4.78, 5) is 11.5. The van der Waals surface area contributed by atoms with Gasteiger partial charge in [-0.2, -0.15) is 0 Å². The summed E-state index contributed by atoms with van der Waals surface area (Å²) in [7, 11) is 1.61. The number of carbonyl (C=O) groups excluding carboxylic acids is 1. The van der Waals surface area contributed by atoms with Gasteiger partial charge in [0.05, 0.1) is 6.61 Å². The van der Waals surface area contributed by atoms with Crippen molar-refractivity contribution in [2.45, 2.75) is 19.4 Å². The third-order valence-electron chi connectivity index (χ3n) is 3.33. The molecular weight excluding hydrogens is 272 g/mol. The fraction of sp³-hybridized carbons (Fsp3) is 0.533. The Balaban J connectivity index is 1.72. The van der Waals surface area contributed by atoms with Crippen LogP contribution in [0.25, 0.3) is 0 Å². The van der Waals surface area contributed by atoms with Gasteiger partial charge in [0.2, 0.25) is 12.7 Å². The number of ether oxygens (including phenoxy) is 3. The normalized spacial score (nSPS) is 14.0. The second-order valence-electron chi connectivity index (χ2n) is 4.88. The number of hydrogen-bond acceptors (Lipinski definition) is 5. The van der Waals surface area contributed by atoms with Crippen molar-refractivity contribution in [3.05, 3.63) is 23.8 Å². The lowest BCUT2D eigenvalue weighted by Gasteiger charge is -2.14. The standard InChI is InChI=1S/C15H22N2O4/c1-11(16-6-5-15(18)17-7-8-19-2)12-3-4-13-14(9-12)21-10-20-13/h3-4,9,11,16H,5-8,10H2,1-2H3,(H,17,18). The minimum absolute atomic E-state index is 0.0254. The molecule has 0 radical (unpaired) electrons. The Morgan fingerprint density at radius 3 is 2.95 bits per heavy atom. The van der Waals surface area contributed by atoms with Gasteiger partial charge in [-0.1, -0.05) is 6.07 Å². The van der Waals surface area contributed by atoms with E-state index in [2.05, 4.69) is 17.6 Å². The topological polar surface area (TPSA) is 68.8 Å². The molecule has 1 unspecified atom stereocenters. The molecule has 1 amide bonds. The molecule has 0 spiro atoms. The summed E-state index contributed by atoms with van der Waals surface area (Å²) >= 11 is 0. The molecule has 0 bridgehead atoms. The predicted molar refractivity (Wildman–Crippen MR) is 78.5 cm³/mol. The average Bonchev–Trinajstić information content (AvgIpc) is 2.94. The summed E-state index contributed by atoms with van der Waals surface area (Å²) in [5.74, 6) is 1.58. The average molecular weight is 294 g/mol. The zero-order chi connectivity index (χ0) is 15.1. The maximum Gasteiger partial charge on any atom is 0.231 e. The number of amides is 1. The Hall–Kier alpha value is -1.79. The van der Waals surface area contributed by atoms with Gasteiger partial charge in [-0.15, -0.1) is 0 Å². The fourth-order valence-electron chi connectivity index (χ4n) is 2.08. The van der Waals surface area contributed by atoms with Crippen LogP contribution < -0.4 is 20.1 Å². The highest BCUT2D eigenvalue weighted by atomic mass is 16.7. The van der Waals surface area contributed by atoms with E-state index in [1.54, 1.807) is 7.11 Å². The Bertz CT molecular complexity index is 479. The van der Waals surface area contributed by atoms with Gasteiger partial charge < -0.3 is 24.8 Å². The maximum atomic E-state index is 11.5. The van der Waals surface area contributed by atoms with Gasteiger partial charge >= 0.3 is 0 Å². The van der Waals surface area contributed by atoms with Crippen LogP contribution in [0.4, 0.5) is 0 Å². The first-order valence-electron chi connectivity index (χ1n) is 7.09. The van der Waals surface area contributed by atoms with Crippen LogP contribution in [0.3, 0.4) is 0 Å². The van der Waals surface area contributed by atoms with Crippen molar-refractivity contribution >= 4 is 5.91 Å². The summed E-state index contributed by atoms with van der Waals surface area (Å²) in [6, 6.07) is 6.03. The Labute approximate surface area is 124 Å². The van der Waals surface area contributed by atoms with E-state index >= 15 is 0 Å². The lowest BCUT2D eigenvalue weighted by molar-refractivity contribution is -0.121. The zero-order valence-electron chi connectivity index (χ0n) is 12.5. The number of rotatable bonds is 8. The summed E-state index contributed by atoms with van der Waals surface area (Å²) in [6.07, 6.45) is 0.443. The number of fused-ring (bicyclic) bond motifs is 1. The molecule has 0 fully saturated rings. The van der Waals surface area contributed by atoms with E-state index in [9.17, 15) is 4.79 Å². The third-order valence-corrected chi connectivity index (χ3v) is 3.33. The van der Waals surface area contributed by atoms with E-state index in [1.165, 1.54) is 0 Å². The highest BCUT2D eigenvalue weighted by Gasteiger charge is 2.15. The lowest BCUT2D eigenvalue weighted by atomic mass is 10.1. The summed E-state index contributed by atoms with van der Waals surface area (Å²) in [6.45, 7) is 4.04. The molecule has 6 nitrogen and oxygen atoms in total. The molecule has 1 atom stereocenters. The van der Waals surface area contributed by atoms with E-state index in [4.69, 9.17) is 14.2 Å². The van der Waals surface area contributed by atoms with Crippen LogP contribution >= 0.6 is 0 Å². The molecule has 0 saturated carbocycles. The minimum atomic E-state index is 0.0254. The van der Waals surface area contributed by atoms with Crippen molar-refractivity contribution in [3.63, 3.8) is 0 Å². The summed E-state index contributed by atoms with van der Waals surface area (Å²) < 4.78 is 15.5. The van der Waals surface area contributed by atoms with E-state index in [0.29, 0.717) is 26.1 Å². The number of benzene rings is 1. The second-order valence-corrected chi connectivity index (χ2v) is 4.88. The van der Waals surface area contributed by atoms with Gasteiger partial charge in [-0.05, 0) is 24.6 Å². The molecule has 1 aromatic rings. The van der Waals surface area contributed by atoms with E-state index < -0.39 is 0 Å². The third kappa shape index (κ3) is 4.61. The van der Waals surface area contributed by atoms with Crippen LogP contribution in [0.15, 0.2) is 18.2 Å². The molecule has 1 heterocycles. The molecule has 1 aromatic carbocycles. The summed E-state index contributed by atoms with van der Waals surface area (Å²) in [5, 5.41) is 6.11. The molecule has 0 saturated heterocycles. The number of methoxy groups -OCH3 is 1. The number of hydrogen-bond donors (Lipinski definition) is 2. The Morgan fingerprint density at radius 2 is 2.14 bits per heavy atom. The first-order valence-corrected chi connectivity index (χ1v) is 7.09. The molecule has 6 heteroatoms. The molecule has 116 valence electrons. The van der Waals surface area contributed by atoms with Gasteiger partial charge in [0.1, 0.15) is 0 Å². The van der Waals surface area contributed by atoms with Crippen LogP contribution in [0.5, 0.6) is 11.5 Å². The maximum absolute atomic E-state index is 11.5. The number of carbonyl (C=O) groups is 1. The van der Waals surface area contributed by atoms with Gasteiger partial charge in [-0.25, -0.2) is 0 Å². The van der Waals surface area contributed by atoms with Crippen LogP contribution in [0.1, 0.15) is 24.9 Å². The Morgan fingerprint density at radius 1 is 1.33 bits per heavy atom. The highest BCUT2D eigenvalue weighted by Crippen LogP contribution is 2.34. The SMILES string of the molecule is COCCNC(=O)CCNC(C)c1ccc2c(c1)OCO2. The number of nitrogens with one attached hydrogen (secondary N) is 2. The van der Waals surface area contributed by atoms with Crippen LogP contribution in [0.2, 0.25) is 0 Å². The van der Waals surface area contributed by atoms with E-state index in [-0.39, 0.29) is 18.7 Å². The van der Waals surface area contributed by atoms with Crippen LogP contribution in [-0.4, -0.2) is 39.5 Å². The van der Waals surface area contributed by atoms with E-state index in [1.807, 2.05) is 18.2 Å². The minimum Gasteiger partial charge on any atom is -0.454 e. The smallest absolute Gasteiger partial charge is 0.231 e. The molecule has 2 rings (SSSR count). The van der Waals surface area contributed by atoms with Crippen LogP contribution in [-0.2, 0) is 9.53 Å². The molecule has 2 N–H and O–H groups in total. The van der Waals surface area contributed by atoms with Crippen molar-refractivity contribution < 1.29 is 19.0 Å². The van der Waals surface area contributed by atoms with Crippen molar-refractivity contribution in [1.29, 1.82) is 0 Å². The first-order chi connectivity index (χ1) is 10.2. The fourth-order valence-corrected chi connectivity index (χ4v) is 2.08. The second kappa shape index (κ2) is 7.85. The first kappa shape index (κ1) is 15.6. The highest BCUT2D eigenvalue weighted by molar-refractivity contribution is 5.76. The van der Waals surface area contributed by atoms with Gasteiger partial charge in [0.25, 0.3) is 0 Å². The molecule has 1 aliphatic rings. The molecule has 0 aromatic heterocycles. The molecule has 1 aliphatic heterocycles. The predicted octanol–water partition coefficient (Wildman–Crippen LogP) is 1.22. The van der Waals surface area contributed by atoms with Crippen molar-refractivity contribution in [2.24, 2.45) is 0 Å². The molecule has 21 heavy (non-hydrogen) atoms. The Kier molecular flexibility index (Phi) is 5.83. The molecular formula is C15H22N2O4. The largest absolute Gasteiger partial charge is 0.454 e. The van der Waals surface area contributed by atoms with E-state index in [0.717, 1.165) is 17.1 Å². The quantitative estimate of drug-likeness (QED) is 0.706. The van der Waals surface area contributed by atoms with Crippen molar-refractivity contribution in [1.82, 2.24) is 10.6 Å². The van der Waals surface area contributed by atoms with Gasteiger partial charge in [0.15, 0.2) is 11.5 Å². The zero-order valence-corrected chi connectivity index (χ0v) is 12.5. The van der Waals surface area contributed by atoms with Gasteiger partial charge in [0, 0.05) is 32.7 Å². The van der Waals surface area contributed by atoms with Gasteiger partial charge in [-0.3, -0.25) is 4.79 Å². The summed E-state index contributed by atoms with van der Waals surface area (Å²) in [5.41, 5.74) is 1.11. The monoisotopic (exact) mass is 294 g/mol. The van der Waals surface area contributed by atoms with Crippen molar-refractivity contribution in [2.75, 3.05) is 33.6 Å². The molecule has 0 aliphatic carbocycles. The lowest BCUT2D eigenvalue weighted by Crippen LogP contribution is -2.30. The van der Waals surface area contributed by atoms with Crippen molar-refractivity contribution in [3.8, 4) is 11.5 Å². The van der Waals surface area contributed by atoms with Crippen LogP contribution in [0, 0.1) is 0 Å².